The SMILES string of the molecule is Cl.N[C@@H](CC1CC1)c1ccc(O)c([N+](=O)[O-])c1. The van der Waals surface area contributed by atoms with Crippen LogP contribution in [0.1, 0.15) is 30.9 Å². The maximum Gasteiger partial charge on any atom is 0.311 e. The first-order chi connectivity index (χ1) is 7.58. The summed E-state index contributed by atoms with van der Waals surface area (Å²) in [5.74, 6) is 0.357. The van der Waals surface area contributed by atoms with Gasteiger partial charge in [0.25, 0.3) is 0 Å². The molecule has 94 valence electrons. The fourth-order valence-corrected chi connectivity index (χ4v) is 1.77. The molecule has 0 aromatic heterocycles. The number of hydrogen-bond acceptors (Lipinski definition) is 4. The second kappa shape index (κ2) is 5.33. The minimum Gasteiger partial charge on any atom is -0.502 e. The lowest BCUT2D eigenvalue weighted by Crippen LogP contribution is -2.11. The number of halogens is 1. The summed E-state index contributed by atoms with van der Waals surface area (Å²) in [5, 5.41) is 19.9. The molecule has 0 spiro atoms. The zero-order chi connectivity index (χ0) is 11.7. The third kappa shape index (κ3) is 3.31. The number of phenols is 1. The van der Waals surface area contributed by atoms with Crippen LogP contribution in [0.2, 0.25) is 0 Å². The van der Waals surface area contributed by atoms with Crippen LogP contribution in [0.3, 0.4) is 0 Å². The van der Waals surface area contributed by atoms with Crippen molar-refractivity contribution in [2.24, 2.45) is 11.7 Å². The third-order valence-electron chi connectivity index (χ3n) is 2.91. The molecule has 0 aliphatic heterocycles. The van der Waals surface area contributed by atoms with Crippen molar-refractivity contribution in [1.82, 2.24) is 0 Å². The summed E-state index contributed by atoms with van der Waals surface area (Å²) in [5.41, 5.74) is 6.40. The van der Waals surface area contributed by atoms with Crippen LogP contribution in [-0.4, -0.2) is 10.0 Å². The van der Waals surface area contributed by atoms with E-state index >= 15 is 0 Å². The molecule has 0 heterocycles. The number of nitrogens with two attached hydrogens (primary N) is 1. The lowest BCUT2D eigenvalue weighted by Gasteiger charge is -2.11. The number of hydrogen-bond donors (Lipinski definition) is 2. The molecule has 0 amide bonds. The van der Waals surface area contributed by atoms with Crippen molar-refractivity contribution in [2.75, 3.05) is 0 Å². The quantitative estimate of drug-likeness (QED) is 0.641. The van der Waals surface area contributed by atoms with E-state index < -0.39 is 4.92 Å². The average molecular weight is 259 g/mol. The zero-order valence-corrected chi connectivity index (χ0v) is 10.0. The number of nitro benzene ring substituents is 1. The Kier molecular flexibility index (Phi) is 4.31. The van der Waals surface area contributed by atoms with Crippen molar-refractivity contribution in [3.63, 3.8) is 0 Å². The molecular weight excluding hydrogens is 244 g/mol. The fraction of sp³-hybridized carbons (Fsp3) is 0.455. The van der Waals surface area contributed by atoms with Crippen LogP contribution in [0.4, 0.5) is 5.69 Å². The molecule has 1 aromatic carbocycles. The van der Waals surface area contributed by atoms with Gasteiger partial charge in [-0.3, -0.25) is 10.1 Å². The molecule has 0 saturated heterocycles. The van der Waals surface area contributed by atoms with Crippen molar-refractivity contribution in [2.45, 2.75) is 25.3 Å². The Bertz CT molecular complexity index is 421. The summed E-state index contributed by atoms with van der Waals surface area (Å²) in [6.45, 7) is 0. The van der Waals surface area contributed by atoms with E-state index in [0.29, 0.717) is 5.92 Å². The number of benzene rings is 1. The summed E-state index contributed by atoms with van der Waals surface area (Å²) >= 11 is 0. The van der Waals surface area contributed by atoms with Gasteiger partial charge < -0.3 is 10.8 Å². The van der Waals surface area contributed by atoms with E-state index in [1.807, 2.05) is 0 Å². The van der Waals surface area contributed by atoms with Crippen molar-refractivity contribution < 1.29 is 10.0 Å². The van der Waals surface area contributed by atoms with Gasteiger partial charge in [0.05, 0.1) is 4.92 Å². The van der Waals surface area contributed by atoms with Gasteiger partial charge in [0.15, 0.2) is 5.75 Å². The monoisotopic (exact) mass is 258 g/mol. The van der Waals surface area contributed by atoms with Crippen LogP contribution >= 0.6 is 12.4 Å². The third-order valence-corrected chi connectivity index (χ3v) is 2.91. The maximum absolute atomic E-state index is 10.6. The largest absolute Gasteiger partial charge is 0.502 e. The standard InChI is InChI=1S/C11H14N2O3.ClH/c12-9(5-7-1-2-7)8-3-4-11(14)10(6-8)13(15)16;/h3-4,6-7,9,14H,1-2,5,12H2;1H/t9-;/m0./s1. The lowest BCUT2D eigenvalue weighted by molar-refractivity contribution is -0.385. The Balaban J connectivity index is 0.00000144. The van der Waals surface area contributed by atoms with Gasteiger partial charge in [-0.25, -0.2) is 0 Å². The van der Waals surface area contributed by atoms with E-state index in [4.69, 9.17) is 5.73 Å². The van der Waals surface area contributed by atoms with E-state index in [-0.39, 0.29) is 29.9 Å². The Morgan fingerprint density at radius 1 is 1.53 bits per heavy atom. The van der Waals surface area contributed by atoms with Crippen LogP contribution in [0, 0.1) is 16.0 Å². The van der Waals surface area contributed by atoms with Gasteiger partial charge in [-0.2, -0.15) is 0 Å². The second-order valence-corrected chi connectivity index (χ2v) is 4.29. The van der Waals surface area contributed by atoms with Gasteiger partial charge in [0.2, 0.25) is 0 Å². The van der Waals surface area contributed by atoms with Gasteiger partial charge in [-0.1, -0.05) is 18.9 Å². The summed E-state index contributed by atoms with van der Waals surface area (Å²) in [7, 11) is 0. The van der Waals surface area contributed by atoms with Crippen molar-refractivity contribution in [3.8, 4) is 5.75 Å². The topological polar surface area (TPSA) is 89.4 Å². The van der Waals surface area contributed by atoms with Gasteiger partial charge in [0, 0.05) is 12.1 Å². The van der Waals surface area contributed by atoms with E-state index in [2.05, 4.69) is 0 Å². The molecule has 5 nitrogen and oxygen atoms in total. The highest BCUT2D eigenvalue weighted by atomic mass is 35.5. The molecule has 1 fully saturated rings. The summed E-state index contributed by atoms with van der Waals surface area (Å²) in [6, 6.07) is 4.17. The molecule has 17 heavy (non-hydrogen) atoms. The van der Waals surface area contributed by atoms with E-state index in [1.54, 1.807) is 6.07 Å². The Labute approximate surface area is 105 Å². The van der Waals surface area contributed by atoms with Crippen LogP contribution in [0.5, 0.6) is 5.75 Å². The molecule has 1 aromatic rings. The minimum absolute atomic E-state index is 0. The van der Waals surface area contributed by atoms with E-state index in [1.165, 1.54) is 25.0 Å². The molecule has 3 N–H and O–H groups in total. The molecular formula is C11H15ClN2O3. The van der Waals surface area contributed by atoms with Crippen LogP contribution in [-0.2, 0) is 0 Å². The van der Waals surface area contributed by atoms with Crippen LogP contribution in [0.25, 0.3) is 0 Å². The zero-order valence-electron chi connectivity index (χ0n) is 9.20. The fourth-order valence-electron chi connectivity index (χ4n) is 1.77. The van der Waals surface area contributed by atoms with Crippen LogP contribution < -0.4 is 5.73 Å². The van der Waals surface area contributed by atoms with Crippen LogP contribution in [0.15, 0.2) is 18.2 Å². The predicted octanol–water partition coefficient (Wildman–Crippen LogP) is 2.52. The highest BCUT2D eigenvalue weighted by molar-refractivity contribution is 5.85. The molecule has 0 radical (unpaired) electrons. The number of aromatic hydroxyl groups is 1. The maximum atomic E-state index is 10.6. The number of nitro groups is 1. The Hall–Kier alpha value is -1.33. The first-order valence-electron chi connectivity index (χ1n) is 5.31. The van der Waals surface area contributed by atoms with Gasteiger partial charge >= 0.3 is 5.69 Å². The van der Waals surface area contributed by atoms with Gasteiger partial charge in [-0.15, -0.1) is 12.4 Å². The molecule has 6 heteroatoms. The smallest absolute Gasteiger partial charge is 0.311 e. The second-order valence-electron chi connectivity index (χ2n) is 4.29. The summed E-state index contributed by atoms with van der Waals surface area (Å²) in [4.78, 5) is 10.0. The molecule has 2 rings (SSSR count). The highest BCUT2D eigenvalue weighted by Gasteiger charge is 2.25. The van der Waals surface area contributed by atoms with Crippen molar-refractivity contribution >= 4 is 18.1 Å². The first-order valence-corrected chi connectivity index (χ1v) is 5.31. The predicted molar refractivity (Wildman–Crippen MR) is 66.3 cm³/mol. The molecule has 0 unspecified atom stereocenters. The van der Waals surface area contributed by atoms with Gasteiger partial charge in [0.1, 0.15) is 0 Å². The number of rotatable bonds is 4. The molecule has 1 saturated carbocycles. The normalized spacial score (nSPS) is 16.1. The van der Waals surface area contributed by atoms with E-state index in [9.17, 15) is 15.2 Å². The molecule has 0 bridgehead atoms. The Morgan fingerprint density at radius 3 is 2.71 bits per heavy atom. The van der Waals surface area contributed by atoms with E-state index in [0.717, 1.165) is 12.0 Å². The first kappa shape index (κ1) is 13.7. The minimum atomic E-state index is -0.595. The molecule has 1 aliphatic rings. The average Bonchev–Trinajstić information content (AvgIpc) is 3.01. The number of phenolic OH excluding ortho intramolecular Hbond substituents is 1. The van der Waals surface area contributed by atoms with Crippen molar-refractivity contribution in [3.05, 3.63) is 33.9 Å². The summed E-state index contributed by atoms with van der Waals surface area (Å²) < 4.78 is 0. The lowest BCUT2D eigenvalue weighted by atomic mass is 10.0. The number of nitrogens with zero attached hydrogens (tertiary/aromatic N) is 1. The summed E-state index contributed by atoms with van der Waals surface area (Å²) in [6.07, 6.45) is 3.27. The Morgan fingerprint density at radius 2 is 2.18 bits per heavy atom. The highest BCUT2D eigenvalue weighted by Crippen LogP contribution is 2.38. The molecule has 1 atom stereocenters. The van der Waals surface area contributed by atoms with Gasteiger partial charge in [-0.05, 0) is 24.0 Å². The molecule has 1 aliphatic carbocycles. The van der Waals surface area contributed by atoms with Crippen molar-refractivity contribution in [1.29, 1.82) is 0 Å².